The fourth-order valence-corrected chi connectivity index (χ4v) is 2.90. The van der Waals surface area contributed by atoms with Gasteiger partial charge in [0, 0.05) is 10.7 Å². The van der Waals surface area contributed by atoms with Crippen LogP contribution in [0.1, 0.15) is 16.8 Å². The van der Waals surface area contributed by atoms with Crippen molar-refractivity contribution in [1.82, 2.24) is 0 Å². The molecule has 0 atom stereocenters. The predicted octanol–water partition coefficient (Wildman–Crippen LogP) is 4.27. The van der Waals surface area contributed by atoms with Crippen LogP contribution in [0.5, 0.6) is 5.75 Å². The van der Waals surface area contributed by atoms with E-state index < -0.39 is 0 Å². The maximum atomic E-state index is 11.8. The van der Waals surface area contributed by atoms with Crippen molar-refractivity contribution in [3.8, 4) is 5.75 Å². The highest BCUT2D eigenvalue weighted by molar-refractivity contribution is 7.99. The Morgan fingerprint density at radius 3 is 2.42 bits per heavy atom. The lowest BCUT2D eigenvalue weighted by Crippen LogP contribution is -2.14. The highest BCUT2D eigenvalue weighted by Crippen LogP contribution is 2.15. The van der Waals surface area contributed by atoms with Crippen molar-refractivity contribution in [3.05, 3.63) is 59.1 Å². The summed E-state index contributed by atoms with van der Waals surface area (Å²) in [6.45, 7) is 0.545. The molecule has 0 aliphatic heterocycles. The van der Waals surface area contributed by atoms with Crippen molar-refractivity contribution in [2.75, 3.05) is 30.5 Å². The quantitative estimate of drug-likeness (QED) is 0.509. The maximum Gasteiger partial charge on any atom is 0.337 e. The molecule has 0 heterocycles. The summed E-state index contributed by atoms with van der Waals surface area (Å²) in [5, 5.41) is 3.45. The van der Waals surface area contributed by atoms with Crippen LogP contribution in [0, 0.1) is 0 Å². The zero-order valence-corrected chi connectivity index (χ0v) is 15.9. The van der Waals surface area contributed by atoms with Gasteiger partial charge in [0.05, 0.1) is 25.0 Å². The van der Waals surface area contributed by atoms with Crippen LogP contribution in [0.3, 0.4) is 0 Å². The third kappa shape index (κ3) is 6.98. The topological polar surface area (TPSA) is 64.6 Å². The predicted molar refractivity (Wildman–Crippen MR) is 105 cm³/mol. The van der Waals surface area contributed by atoms with E-state index in [0.29, 0.717) is 28.7 Å². The molecular weight excluding hydrogens is 374 g/mol. The molecule has 1 N–H and O–H groups in total. The Kier molecular flexibility index (Phi) is 8.31. The van der Waals surface area contributed by atoms with Gasteiger partial charge in [0.2, 0.25) is 5.91 Å². The molecule has 0 saturated carbocycles. The molecule has 138 valence electrons. The molecule has 0 radical (unpaired) electrons. The van der Waals surface area contributed by atoms with Crippen LogP contribution in [0.15, 0.2) is 48.5 Å². The number of halogens is 1. The van der Waals surface area contributed by atoms with E-state index in [2.05, 4.69) is 10.1 Å². The average Bonchev–Trinajstić information content (AvgIpc) is 2.66. The summed E-state index contributed by atoms with van der Waals surface area (Å²) in [7, 11) is 1.35. The van der Waals surface area contributed by atoms with Crippen LogP contribution in [0.4, 0.5) is 5.69 Å². The first-order chi connectivity index (χ1) is 12.6. The van der Waals surface area contributed by atoms with Crippen molar-refractivity contribution in [2.24, 2.45) is 0 Å². The van der Waals surface area contributed by atoms with E-state index in [-0.39, 0.29) is 11.9 Å². The summed E-state index contributed by atoms with van der Waals surface area (Å²) in [4.78, 5) is 23.2. The molecule has 2 aromatic rings. The first kappa shape index (κ1) is 20.1. The second-order valence-electron chi connectivity index (χ2n) is 5.33. The SMILES string of the molecule is COC(=O)c1ccc(OCCCSCC(=O)Nc2ccc(Cl)cc2)cc1. The molecule has 0 aromatic heterocycles. The summed E-state index contributed by atoms with van der Waals surface area (Å²) in [5.74, 6) is 1.48. The summed E-state index contributed by atoms with van der Waals surface area (Å²) >= 11 is 7.35. The molecule has 0 aliphatic carbocycles. The monoisotopic (exact) mass is 393 g/mol. The summed E-state index contributed by atoms with van der Waals surface area (Å²) in [6.07, 6.45) is 0.817. The zero-order chi connectivity index (χ0) is 18.8. The Hall–Kier alpha value is -2.18. The molecule has 0 unspecified atom stereocenters. The van der Waals surface area contributed by atoms with E-state index in [1.165, 1.54) is 7.11 Å². The van der Waals surface area contributed by atoms with Crippen LogP contribution < -0.4 is 10.1 Å². The van der Waals surface area contributed by atoms with Crippen LogP contribution in [-0.2, 0) is 9.53 Å². The highest BCUT2D eigenvalue weighted by atomic mass is 35.5. The largest absolute Gasteiger partial charge is 0.494 e. The zero-order valence-electron chi connectivity index (χ0n) is 14.4. The molecule has 5 nitrogen and oxygen atoms in total. The molecule has 0 saturated heterocycles. The number of esters is 1. The summed E-state index contributed by atoms with van der Waals surface area (Å²) < 4.78 is 10.3. The van der Waals surface area contributed by atoms with Gasteiger partial charge in [0.25, 0.3) is 0 Å². The number of ether oxygens (including phenoxy) is 2. The van der Waals surface area contributed by atoms with Crippen LogP contribution in [0.25, 0.3) is 0 Å². The van der Waals surface area contributed by atoms with Crippen LogP contribution in [-0.4, -0.2) is 37.1 Å². The maximum absolute atomic E-state index is 11.8. The summed E-state index contributed by atoms with van der Waals surface area (Å²) in [6, 6.07) is 13.8. The minimum Gasteiger partial charge on any atom is -0.494 e. The van der Waals surface area contributed by atoms with Gasteiger partial charge in [-0.1, -0.05) is 11.6 Å². The second-order valence-corrected chi connectivity index (χ2v) is 6.87. The third-order valence-electron chi connectivity index (χ3n) is 3.34. The van der Waals surface area contributed by atoms with Gasteiger partial charge < -0.3 is 14.8 Å². The van der Waals surface area contributed by atoms with E-state index in [0.717, 1.165) is 17.9 Å². The first-order valence-corrected chi connectivity index (χ1v) is 9.56. The number of hydrogen-bond donors (Lipinski definition) is 1. The number of carbonyl (C=O) groups is 2. The fourth-order valence-electron chi connectivity index (χ4n) is 2.05. The molecule has 2 aromatic carbocycles. The van der Waals surface area contributed by atoms with Gasteiger partial charge in [-0.3, -0.25) is 4.79 Å². The fraction of sp³-hybridized carbons (Fsp3) is 0.263. The standard InChI is InChI=1S/C19H20ClNO4S/c1-24-19(23)14-3-9-17(10-4-14)25-11-2-12-26-13-18(22)21-16-7-5-15(20)6-8-16/h3-10H,2,11-13H2,1H3,(H,21,22). The molecule has 0 bridgehead atoms. The molecule has 0 fully saturated rings. The number of carbonyl (C=O) groups excluding carboxylic acids is 2. The Morgan fingerprint density at radius 1 is 1.08 bits per heavy atom. The van der Waals surface area contributed by atoms with Gasteiger partial charge >= 0.3 is 5.97 Å². The normalized spacial score (nSPS) is 10.2. The van der Waals surface area contributed by atoms with E-state index in [4.69, 9.17) is 16.3 Å². The second kappa shape index (κ2) is 10.7. The lowest BCUT2D eigenvalue weighted by Gasteiger charge is -2.07. The molecule has 7 heteroatoms. The smallest absolute Gasteiger partial charge is 0.337 e. The minimum atomic E-state index is -0.371. The lowest BCUT2D eigenvalue weighted by molar-refractivity contribution is -0.113. The number of amides is 1. The van der Waals surface area contributed by atoms with Gasteiger partial charge in [0.1, 0.15) is 5.75 Å². The number of thioether (sulfide) groups is 1. The van der Waals surface area contributed by atoms with Gasteiger partial charge in [-0.2, -0.15) is 11.8 Å². The number of nitrogens with one attached hydrogen (secondary N) is 1. The van der Waals surface area contributed by atoms with Crippen LogP contribution >= 0.6 is 23.4 Å². The molecule has 1 amide bonds. The molecular formula is C19H20ClNO4S. The molecule has 2 rings (SSSR count). The minimum absolute atomic E-state index is 0.0448. The average molecular weight is 394 g/mol. The first-order valence-electron chi connectivity index (χ1n) is 8.03. The van der Waals surface area contributed by atoms with Crippen LogP contribution in [0.2, 0.25) is 5.02 Å². The number of benzene rings is 2. The van der Waals surface area contributed by atoms with E-state index in [9.17, 15) is 9.59 Å². The van der Waals surface area contributed by atoms with Crippen molar-refractivity contribution in [2.45, 2.75) is 6.42 Å². The molecule has 26 heavy (non-hydrogen) atoms. The van der Waals surface area contributed by atoms with Gasteiger partial charge in [0.15, 0.2) is 0 Å². The number of methoxy groups -OCH3 is 1. The Morgan fingerprint density at radius 2 is 1.77 bits per heavy atom. The number of rotatable bonds is 9. The molecule has 0 spiro atoms. The van der Waals surface area contributed by atoms with Gasteiger partial charge in [-0.25, -0.2) is 4.79 Å². The Labute approximate surface area is 162 Å². The number of hydrogen-bond acceptors (Lipinski definition) is 5. The van der Waals surface area contributed by atoms with E-state index in [1.807, 2.05) is 0 Å². The number of anilines is 1. The molecule has 0 aliphatic rings. The van der Waals surface area contributed by atoms with Crippen molar-refractivity contribution >= 4 is 40.9 Å². The van der Waals surface area contributed by atoms with Crippen molar-refractivity contribution in [3.63, 3.8) is 0 Å². The van der Waals surface area contributed by atoms with Gasteiger partial charge in [-0.05, 0) is 60.7 Å². The summed E-state index contributed by atoms with van der Waals surface area (Å²) in [5.41, 5.74) is 1.22. The Bertz CT molecular complexity index is 719. The third-order valence-corrected chi connectivity index (χ3v) is 4.63. The highest BCUT2D eigenvalue weighted by Gasteiger charge is 2.05. The van der Waals surface area contributed by atoms with E-state index >= 15 is 0 Å². The van der Waals surface area contributed by atoms with E-state index in [1.54, 1.807) is 60.3 Å². The van der Waals surface area contributed by atoms with Crippen molar-refractivity contribution < 1.29 is 19.1 Å². The van der Waals surface area contributed by atoms with Crippen molar-refractivity contribution in [1.29, 1.82) is 0 Å². The van der Waals surface area contributed by atoms with Gasteiger partial charge in [-0.15, -0.1) is 0 Å². The lowest BCUT2D eigenvalue weighted by atomic mass is 10.2. The Balaban J connectivity index is 1.58.